The van der Waals surface area contributed by atoms with E-state index in [1.54, 1.807) is 6.07 Å². The van der Waals surface area contributed by atoms with Gasteiger partial charge in [0.2, 0.25) is 0 Å². The van der Waals surface area contributed by atoms with Crippen molar-refractivity contribution in [3.05, 3.63) is 67.2 Å². The van der Waals surface area contributed by atoms with E-state index in [0.29, 0.717) is 10.0 Å². The summed E-state index contributed by atoms with van der Waals surface area (Å²) in [6.45, 7) is 0. The minimum absolute atomic E-state index is 0.102. The quantitative estimate of drug-likeness (QED) is 0.467. The van der Waals surface area contributed by atoms with E-state index < -0.39 is 0 Å². The van der Waals surface area contributed by atoms with E-state index in [4.69, 9.17) is 29.0 Å². The first-order valence-corrected chi connectivity index (χ1v) is 7.12. The van der Waals surface area contributed by atoms with Crippen LogP contribution in [0.25, 0.3) is 0 Å². The van der Waals surface area contributed by atoms with Crippen molar-refractivity contribution < 1.29 is 0 Å². The second kappa shape index (κ2) is 6.21. The lowest BCUT2D eigenvalue weighted by Gasteiger charge is -2.17. The van der Waals surface area contributed by atoms with Crippen molar-refractivity contribution in [1.82, 2.24) is 5.43 Å². The molecule has 18 heavy (non-hydrogen) atoms. The van der Waals surface area contributed by atoms with Crippen molar-refractivity contribution in [1.29, 1.82) is 0 Å². The monoisotopic (exact) mass is 392 g/mol. The molecule has 0 amide bonds. The minimum Gasteiger partial charge on any atom is -0.271 e. The van der Waals surface area contributed by atoms with E-state index in [0.717, 1.165) is 14.7 Å². The Morgan fingerprint density at radius 3 is 2.33 bits per heavy atom. The molecule has 2 aromatic carbocycles. The van der Waals surface area contributed by atoms with Crippen molar-refractivity contribution in [2.24, 2.45) is 5.84 Å². The first kappa shape index (κ1) is 14.1. The molecule has 2 nitrogen and oxygen atoms in total. The molecule has 0 aliphatic carbocycles. The lowest BCUT2D eigenvalue weighted by molar-refractivity contribution is 0.636. The molecule has 1 atom stereocenters. The van der Waals surface area contributed by atoms with Crippen LogP contribution in [0, 0.1) is 3.57 Å². The number of hydrogen-bond acceptors (Lipinski definition) is 2. The fourth-order valence-corrected chi connectivity index (χ4v) is 2.64. The molecule has 5 heteroatoms. The van der Waals surface area contributed by atoms with Crippen molar-refractivity contribution >= 4 is 45.8 Å². The lowest BCUT2D eigenvalue weighted by Crippen LogP contribution is -2.28. The Balaban J connectivity index is 2.42. The van der Waals surface area contributed by atoms with Gasteiger partial charge in [0.05, 0.1) is 16.1 Å². The van der Waals surface area contributed by atoms with Gasteiger partial charge >= 0.3 is 0 Å². The van der Waals surface area contributed by atoms with Gasteiger partial charge in [-0.1, -0.05) is 41.4 Å². The molecule has 0 aliphatic rings. The summed E-state index contributed by atoms with van der Waals surface area (Å²) in [5.41, 5.74) is 4.87. The van der Waals surface area contributed by atoms with Gasteiger partial charge in [0.15, 0.2) is 0 Å². The predicted molar refractivity (Wildman–Crippen MR) is 84.8 cm³/mol. The summed E-state index contributed by atoms with van der Waals surface area (Å²) >= 11 is 14.2. The molecule has 0 aromatic heterocycles. The zero-order valence-electron chi connectivity index (χ0n) is 9.33. The predicted octanol–water partition coefficient (Wildman–Crippen LogP) is 4.15. The summed E-state index contributed by atoms with van der Waals surface area (Å²) in [6, 6.07) is 13.5. The zero-order valence-corrected chi connectivity index (χ0v) is 13.0. The standard InChI is InChI=1S/C13H11Cl2IN2/c14-11-5-4-9(7-12(11)15)13(18-17)8-2-1-3-10(16)6-8/h1-7,13,18H,17H2. The fraction of sp³-hybridized carbons (Fsp3) is 0.0769. The molecular formula is C13H11Cl2IN2. The highest BCUT2D eigenvalue weighted by Crippen LogP contribution is 2.28. The second-order valence-corrected chi connectivity index (χ2v) is 5.89. The Kier molecular flexibility index (Phi) is 4.86. The third-order valence-electron chi connectivity index (χ3n) is 2.63. The van der Waals surface area contributed by atoms with E-state index >= 15 is 0 Å². The molecule has 0 heterocycles. The summed E-state index contributed by atoms with van der Waals surface area (Å²) < 4.78 is 1.16. The Hall–Kier alpha value is -0.330. The molecule has 0 saturated heterocycles. The van der Waals surface area contributed by atoms with Gasteiger partial charge in [0.1, 0.15) is 0 Å². The van der Waals surface area contributed by atoms with Crippen LogP contribution in [-0.4, -0.2) is 0 Å². The minimum atomic E-state index is -0.102. The van der Waals surface area contributed by atoms with Crippen molar-refractivity contribution in [3.63, 3.8) is 0 Å². The van der Waals surface area contributed by atoms with Crippen LogP contribution >= 0.6 is 45.8 Å². The third kappa shape index (κ3) is 3.16. The topological polar surface area (TPSA) is 38.0 Å². The molecule has 0 radical (unpaired) electrons. The van der Waals surface area contributed by atoms with Crippen LogP contribution in [0.5, 0.6) is 0 Å². The molecule has 0 saturated carbocycles. The summed E-state index contributed by atoms with van der Waals surface area (Å²) in [5.74, 6) is 5.65. The molecule has 2 aromatic rings. The molecular weight excluding hydrogens is 382 g/mol. The average Bonchev–Trinajstić information content (AvgIpc) is 2.35. The van der Waals surface area contributed by atoms with Gasteiger partial charge in [-0.25, -0.2) is 5.43 Å². The largest absolute Gasteiger partial charge is 0.271 e. The van der Waals surface area contributed by atoms with E-state index in [1.165, 1.54) is 0 Å². The average molecular weight is 393 g/mol. The number of nitrogens with one attached hydrogen (secondary N) is 1. The highest BCUT2D eigenvalue weighted by Gasteiger charge is 2.13. The summed E-state index contributed by atoms with van der Waals surface area (Å²) in [5, 5.41) is 1.07. The van der Waals surface area contributed by atoms with Gasteiger partial charge in [-0.2, -0.15) is 0 Å². The van der Waals surface area contributed by atoms with Gasteiger partial charge in [-0.05, 0) is 58.0 Å². The van der Waals surface area contributed by atoms with Crippen LogP contribution in [0.15, 0.2) is 42.5 Å². The maximum absolute atomic E-state index is 6.03. The number of halogens is 3. The van der Waals surface area contributed by atoms with E-state index in [-0.39, 0.29) is 6.04 Å². The number of nitrogens with two attached hydrogens (primary N) is 1. The number of hydrogen-bond donors (Lipinski definition) is 2. The molecule has 0 spiro atoms. The van der Waals surface area contributed by atoms with Crippen molar-refractivity contribution in [2.75, 3.05) is 0 Å². The van der Waals surface area contributed by atoms with Crippen LogP contribution in [0.4, 0.5) is 0 Å². The normalized spacial score (nSPS) is 12.4. The van der Waals surface area contributed by atoms with Gasteiger partial charge in [-0.15, -0.1) is 0 Å². The summed E-state index contributed by atoms with van der Waals surface area (Å²) in [4.78, 5) is 0. The molecule has 3 N–H and O–H groups in total. The molecule has 0 aliphatic heterocycles. The third-order valence-corrected chi connectivity index (χ3v) is 4.04. The van der Waals surface area contributed by atoms with Gasteiger partial charge in [-0.3, -0.25) is 5.84 Å². The zero-order chi connectivity index (χ0) is 13.1. The number of rotatable bonds is 3. The van der Waals surface area contributed by atoms with Gasteiger partial charge in [0.25, 0.3) is 0 Å². The molecule has 94 valence electrons. The van der Waals surface area contributed by atoms with Gasteiger partial charge in [0, 0.05) is 3.57 Å². The SMILES string of the molecule is NNC(c1cccc(I)c1)c1ccc(Cl)c(Cl)c1. The first-order chi connectivity index (χ1) is 8.61. The Labute approximate surface area is 130 Å². The summed E-state index contributed by atoms with van der Waals surface area (Å²) in [7, 11) is 0. The molecule has 0 fully saturated rings. The van der Waals surface area contributed by atoms with E-state index in [9.17, 15) is 0 Å². The van der Waals surface area contributed by atoms with Crippen LogP contribution in [0.2, 0.25) is 10.0 Å². The number of hydrazine groups is 1. The highest BCUT2D eigenvalue weighted by molar-refractivity contribution is 14.1. The number of benzene rings is 2. The van der Waals surface area contributed by atoms with Crippen LogP contribution in [0.1, 0.15) is 17.2 Å². The molecule has 1 unspecified atom stereocenters. The van der Waals surface area contributed by atoms with Gasteiger partial charge < -0.3 is 0 Å². The smallest absolute Gasteiger partial charge is 0.0711 e. The van der Waals surface area contributed by atoms with Crippen molar-refractivity contribution in [2.45, 2.75) is 6.04 Å². The first-order valence-electron chi connectivity index (χ1n) is 5.28. The maximum atomic E-state index is 6.03. The van der Waals surface area contributed by atoms with Crippen LogP contribution in [0.3, 0.4) is 0 Å². The van der Waals surface area contributed by atoms with Crippen LogP contribution < -0.4 is 11.3 Å². The maximum Gasteiger partial charge on any atom is 0.0711 e. The van der Waals surface area contributed by atoms with E-state index in [2.05, 4.69) is 34.1 Å². The lowest BCUT2D eigenvalue weighted by atomic mass is 9.99. The Morgan fingerprint density at radius 1 is 1.00 bits per heavy atom. The fourth-order valence-electron chi connectivity index (χ4n) is 1.76. The second-order valence-electron chi connectivity index (χ2n) is 3.83. The van der Waals surface area contributed by atoms with Crippen molar-refractivity contribution in [3.8, 4) is 0 Å². The highest BCUT2D eigenvalue weighted by atomic mass is 127. The van der Waals surface area contributed by atoms with Crippen LogP contribution in [-0.2, 0) is 0 Å². The molecule has 2 rings (SSSR count). The Bertz CT molecular complexity index is 560. The molecule has 0 bridgehead atoms. The Morgan fingerprint density at radius 2 is 1.72 bits per heavy atom. The summed E-state index contributed by atoms with van der Waals surface area (Å²) in [6.07, 6.45) is 0. The van der Waals surface area contributed by atoms with E-state index in [1.807, 2.05) is 30.3 Å².